The number of nitrogens with two attached hydrogens (primary N) is 1. The van der Waals surface area contributed by atoms with Gasteiger partial charge in [0.05, 0.1) is 6.61 Å². The maximum atomic E-state index is 12.7. The highest BCUT2D eigenvalue weighted by molar-refractivity contribution is 7.80. The Morgan fingerprint density at radius 2 is 1.94 bits per heavy atom. The van der Waals surface area contributed by atoms with Crippen molar-refractivity contribution in [1.82, 2.24) is 0 Å². The van der Waals surface area contributed by atoms with Crippen LogP contribution in [0, 0.1) is 13.9 Å². The van der Waals surface area contributed by atoms with E-state index in [1.807, 2.05) is 18.2 Å². The van der Waals surface area contributed by atoms with Gasteiger partial charge in [-0.25, -0.2) is 4.79 Å². The number of hydrogen-bond donors (Lipinski definition) is 2. The standard InChI is InChI=1S/C20H18N2O7S3/c21-13-5-8-16(29-18(23)2-1-9-27-22(25)26)15(10-13)20(24)28-14-6-3-12(4-7-14)17-11-19(30)32-31-17/h3-8,10-11,18,23H,1-2,9,21H2. The molecule has 0 aliphatic rings. The Labute approximate surface area is 195 Å². The van der Waals surface area contributed by atoms with Gasteiger partial charge in [0.15, 0.2) is 6.29 Å². The van der Waals surface area contributed by atoms with Gasteiger partial charge in [-0.3, -0.25) is 0 Å². The van der Waals surface area contributed by atoms with E-state index in [-0.39, 0.29) is 30.8 Å². The minimum atomic E-state index is -1.30. The zero-order valence-corrected chi connectivity index (χ0v) is 18.9. The van der Waals surface area contributed by atoms with Crippen molar-refractivity contribution in [2.45, 2.75) is 19.1 Å². The number of esters is 1. The normalized spacial score (nSPS) is 11.5. The van der Waals surface area contributed by atoms with Crippen molar-refractivity contribution in [3.63, 3.8) is 0 Å². The number of hydrogen-bond acceptors (Lipinski definition) is 11. The van der Waals surface area contributed by atoms with Gasteiger partial charge in [-0.05, 0) is 60.5 Å². The van der Waals surface area contributed by atoms with Crippen molar-refractivity contribution >= 4 is 44.6 Å². The number of anilines is 1. The molecule has 9 nitrogen and oxygen atoms in total. The molecule has 0 saturated heterocycles. The monoisotopic (exact) mass is 494 g/mol. The quantitative estimate of drug-likeness (QED) is 0.0473. The van der Waals surface area contributed by atoms with E-state index < -0.39 is 17.3 Å². The second kappa shape index (κ2) is 11.0. The molecule has 1 heterocycles. The minimum Gasteiger partial charge on any atom is -0.464 e. The SMILES string of the molecule is Nc1ccc(OC(O)CCCO[N+](=O)[O-])c(C(=O)Oc2ccc(-c3cc(=S)ss3)cc2)c1. The van der Waals surface area contributed by atoms with Gasteiger partial charge in [0.25, 0.3) is 5.09 Å². The first-order valence-electron chi connectivity index (χ1n) is 9.26. The predicted octanol–water partition coefficient (Wildman–Crippen LogP) is 4.69. The van der Waals surface area contributed by atoms with E-state index in [0.29, 0.717) is 11.4 Å². The first kappa shape index (κ1) is 23.6. The van der Waals surface area contributed by atoms with Crippen LogP contribution in [-0.2, 0) is 4.84 Å². The lowest BCUT2D eigenvalue weighted by molar-refractivity contribution is -0.757. The van der Waals surface area contributed by atoms with Gasteiger partial charge in [-0.15, -0.1) is 10.1 Å². The molecule has 168 valence electrons. The summed E-state index contributed by atoms with van der Waals surface area (Å²) in [5.41, 5.74) is 7.09. The van der Waals surface area contributed by atoms with Gasteiger partial charge in [-0.1, -0.05) is 32.9 Å². The molecule has 0 amide bonds. The molecule has 0 radical (unpaired) electrons. The van der Waals surface area contributed by atoms with Gasteiger partial charge in [0, 0.05) is 17.0 Å². The molecular formula is C20H18N2O7S3. The highest BCUT2D eigenvalue weighted by atomic mass is 32.9. The third kappa shape index (κ3) is 6.72. The van der Waals surface area contributed by atoms with Crippen molar-refractivity contribution in [3.8, 4) is 21.9 Å². The lowest BCUT2D eigenvalue weighted by atomic mass is 10.1. The summed E-state index contributed by atoms with van der Waals surface area (Å²) in [7, 11) is 3.09. The summed E-state index contributed by atoms with van der Waals surface area (Å²) in [5.74, 6) is -0.319. The number of benzene rings is 2. The maximum Gasteiger partial charge on any atom is 0.347 e. The zero-order chi connectivity index (χ0) is 23.1. The Morgan fingerprint density at radius 1 is 1.19 bits per heavy atom. The second-order valence-corrected chi connectivity index (χ2v) is 9.35. The molecular weight excluding hydrogens is 476 g/mol. The van der Waals surface area contributed by atoms with Gasteiger partial charge in [-0.2, -0.15) is 0 Å². The van der Waals surface area contributed by atoms with Gasteiger partial charge >= 0.3 is 5.97 Å². The lowest BCUT2D eigenvalue weighted by Gasteiger charge is -2.16. The van der Waals surface area contributed by atoms with Crippen LogP contribution in [0.4, 0.5) is 5.69 Å². The van der Waals surface area contributed by atoms with Crippen LogP contribution >= 0.6 is 32.9 Å². The topological polar surface area (TPSA) is 134 Å². The van der Waals surface area contributed by atoms with Crippen LogP contribution in [0.3, 0.4) is 0 Å². The molecule has 3 aromatic rings. The van der Waals surface area contributed by atoms with Crippen LogP contribution in [0.2, 0.25) is 0 Å². The van der Waals surface area contributed by atoms with E-state index in [1.54, 1.807) is 22.5 Å². The van der Waals surface area contributed by atoms with Crippen molar-refractivity contribution in [2.75, 3.05) is 12.3 Å². The number of ether oxygens (including phenoxy) is 2. The second-order valence-electron chi connectivity index (χ2n) is 6.44. The van der Waals surface area contributed by atoms with Crippen LogP contribution in [0.15, 0.2) is 48.5 Å². The van der Waals surface area contributed by atoms with Crippen molar-refractivity contribution in [1.29, 1.82) is 0 Å². The summed E-state index contributed by atoms with van der Waals surface area (Å²) < 4.78 is 11.7. The lowest BCUT2D eigenvalue weighted by Crippen LogP contribution is -2.19. The van der Waals surface area contributed by atoms with E-state index in [4.69, 9.17) is 27.4 Å². The van der Waals surface area contributed by atoms with Crippen LogP contribution < -0.4 is 15.2 Å². The van der Waals surface area contributed by atoms with E-state index in [0.717, 1.165) is 14.3 Å². The number of aliphatic hydroxyl groups is 1. The molecule has 1 aromatic heterocycles. The summed E-state index contributed by atoms with van der Waals surface area (Å²) in [6, 6.07) is 13.2. The first-order chi connectivity index (χ1) is 15.3. The van der Waals surface area contributed by atoms with E-state index in [1.165, 1.54) is 28.5 Å². The third-order valence-corrected chi connectivity index (χ3v) is 7.00. The molecule has 3 N–H and O–H groups in total. The molecule has 32 heavy (non-hydrogen) atoms. The molecule has 0 spiro atoms. The summed E-state index contributed by atoms with van der Waals surface area (Å²) in [4.78, 5) is 28.1. The van der Waals surface area contributed by atoms with Gasteiger partial charge < -0.3 is 25.2 Å². The highest BCUT2D eigenvalue weighted by Gasteiger charge is 2.18. The average molecular weight is 495 g/mol. The fourth-order valence-corrected chi connectivity index (χ4v) is 5.04. The van der Waals surface area contributed by atoms with E-state index in [2.05, 4.69) is 4.84 Å². The Kier molecular flexibility index (Phi) is 8.11. The molecule has 0 fully saturated rings. The summed E-state index contributed by atoms with van der Waals surface area (Å²) in [6.07, 6.45) is -1.06. The molecule has 3 rings (SSSR count). The number of nitrogen functional groups attached to an aromatic ring is 1. The zero-order valence-electron chi connectivity index (χ0n) is 16.5. The van der Waals surface area contributed by atoms with Crippen LogP contribution in [0.25, 0.3) is 10.4 Å². The maximum absolute atomic E-state index is 12.7. The Morgan fingerprint density at radius 3 is 2.59 bits per heavy atom. The molecule has 1 atom stereocenters. The largest absolute Gasteiger partial charge is 0.464 e. The summed E-state index contributed by atoms with van der Waals surface area (Å²) in [6.45, 7) is -0.181. The van der Waals surface area contributed by atoms with Crippen LogP contribution in [0.1, 0.15) is 23.2 Å². The molecule has 0 saturated carbocycles. The first-order valence-corrected chi connectivity index (χ1v) is 11.8. The fraction of sp³-hybridized carbons (Fsp3) is 0.200. The van der Waals surface area contributed by atoms with Crippen molar-refractivity contribution in [3.05, 3.63) is 68.0 Å². The minimum absolute atomic E-state index is 0.0328. The molecule has 12 heteroatoms. The number of carbonyl (C=O) groups excluding carboxylic acids is 1. The van der Waals surface area contributed by atoms with E-state index >= 15 is 0 Å². The predicted molar refractivity (Wildman–Crippen MR) is 123 cm³/mol. The fourth-order valence-electron chi connectivity index (χ4n) is 2.63. The average Bonchev–Trinajstić information content (AvgIpc) is 3.19. The molecule has 0 bridgehead atoms. The number of carbonyl (C=O) groups is 1. The van der Waals surface area contributed by atoms with Crippen LogP contribution in [-0.4, -0.2) is 29.1 Å². The van der Waals surface area contributed by atoms with Gasteiger partial charge in [0.2, 0.25) is 0 Å². The van der Waals surface area contributed by atoms with Gasteiger partial charge in [0.1, 0.15) is 20.9 Å². The molecule has 0 aliphatic carbocycles. The number of aliphatic hydroxyl groups excluding tert-OH is 1. The third-order valence-electron chi connectivity index (χ3n) is 4.09. The summed E-state index contributed by atoms with van der Waals surface area (Å²) >= 11 is 5.15. The van der Waals surface area contributed by atoms with E-state index in [9.17, 15) is 20.0 Å². The highest BCUT2D eigenvalue weighted by Crippen LogP contribution is 2.31. The Balaban J connectivity index is 1.66. The van der Waals surface area contributed by atoms with Crippen LogP contribution in [0.5, 0.6) is 11.5 Å². The number of nitrogens with zero attached hydrogens (tertiary/aromatic N) is 1. The molecule has 1 unspecified atom stereocenters. The summed E-state index contributed by atoms with van der Waals surface area (Å²) in [5, 5.41) is 19.3. The molecule has 2 aromatic carbocycles. The Bertz CT molecular complexity index is 1140. The van der Waals surface area contributed by atoms with Crippen molar-refractivity contribution < 1.29 is 29.3 Å². The molecule has 0 aliphatic heterocycles. The Hall–Kier alpha value is -3.06. The van der Waals surface area contributed by atoms with Crippen molar-refractivity contribution in [2.24, 2.45) is 0 Å². The smallest absolute Gasteiger partial charge is 0.347 e. The number of rotatable bonds is 10.